The maximum atomic E-state index is 12.2. The van der Waals surface area contributed by atoms with Crippen molar-refractivity contribution in [2.24, 2.45) is 0 Å². The standard InChI is InChI=1S/C16H15N3O3S/c1-10-7-11-5-3-4-6-12(11)19(10)9-14(20)18-16-17-8-13(23-16)15(21)22-2/h3-8H,9H2,1-2H3,(H,17,18,20). The summed E-state index contributed by atoms with van der Waals surface area (Å²) in [5.74, 6) is -0.657. The van der Waals surface area contributed by atoms with E-state index in [9.17, 15) is 9.59 Å². The third kappa shape index (κ3) is 3.09. The van der Waals surface area contributed by atoms with Crippen LogP contribution < -0.4 is 5.32 Å². The zero-order valence-corrected chi connectivity index (χ0v) is 13.5. The summed E-state index contributed by atoms with van der Waals surface area (Å²) in [6, 6.07) is 9.95. The zero-order valence-electron chi connectivity index (χ0n) is 12.7. The van der Waals surface area contributed by atoms with Crippen LogP contribution in [0.4, 0.5) is 5.13 Å². The third-order valence-electron chi connectivity index (χ3n) is 3.46. The van der Waals surface area contributed by atoms with E-state index in [0.29, 0.717) is 10.0 Å². The van der Waals surface area contributed by atoms with Gasteiger partial charge in [0.15, 0.2) is 5.13 Å². The molecule has 0 saturated heterocycles. The van der Waals surface area contributed by atoms with Crippen molar-refractivity contribution in [2.75, 3.05) is 12.4 Å². The van der Waals surface area contributed by atoms with Crippen molar-refractivity contribution in [3.63, 3.8) is 0 Å². The molecule has 7 heteroatoms. The van der Waals surface area contributed by atoms with Crippen molar-refractivity contribution in [2.45, 2.75) is 13.5 Å². The first kappa shape index (κ1) is 15.2. The number of ether oxygens (including phenoxy) is 1. The lowest BCUT2D eigenvalue weighted by molar-refractivity contribution is -0.116. The van der Waals surface area contributed by atoms with Gasteiger partial charge in [0, 0.05) is 11.2 Å². The molecule has 0 aliphatic carbocycles. The van der Waals surface area contributed by atoms with Crippen molar-refractivity contribution < 1.29 is 14.3 Å². The average molecular weight is 329 g/mol. The van der Waals surface area contributed by atoms with E-state index >= 15 is 0 Å². The van der Waals surface area contributed by atoms with Gasteiger partial charge in [-0.1, -0.05) is 29.5 Å². The maximum absolute atomic E-state index is 12.2. The van der Waals surface area contributed by atoms with Crippen LogP contribution in [0.15, 0.2) is 36.5 Å². The van der Waals surface area contributed by atoms with Gasteiger partial charge in [-0.15, -0.1) is 0 Å². The van der Waals surface area contributed by atoms with Gasteiger partial charge in [0.1, 0.15) is 11.4 Å². The predicted molar refractivity (Wildman–Crippen MR) is 88.8 cm³/mol. The number of fused-ring (bicyclic) bond motifs is 1. The van der Waals surface area contributed by atoms with E-state index in [1.165, 1.54) is 13.3 Å². The molecule has 0 fully saturated rings. The SMILES string of the molecule is COC(=O)c1cnc(NC(=O)Cn2c(C)cc3ccccc32)s1. The number of nitrogens with one attached hydrogen (secondary N) is 1. The molecule has 6 nitrogen and oxygen atoms in total. The monoisotopic (exact) mass is 329 g/mol. The van der Waals surface area contributed by atoms with Crippen molar-refractivity contribution in [1.29, 1.82) is 0 Å². The Kier molecular flexibility index (Phi) is 4.12. The Hall–Kier alpha value is -2.67. The lowest BCUT2D eigenvalue weighted by atomic mass is 10.2. The number of amides is 1. The molecule has 0 aliphatic rings. The first-order chi connectivity index (χ1) is 11.1. The number of para-hydroxylation sites is 1. The van der Waals surface area contributed by atoms with Crippen LogP contribution in [0.5, 0.6) is 0 Å². The summed E-state index contributed by atoms with van der Waals surface area (Å²) in [6.45, 7) is 2.15. The number of thiazole rings is 1. The minimum absolute atomic E-state index is 0.187. The van der Waals surface area contributed by atoms with E-state index in [2.05, 4.69) is 15.0 Å². The molecule has 1 N–H and O–H groups in total. The maximum Gasteiger partial charge on any atom is 0.349 e. The summed E-state index contributed by atoms with van der Waals surface area (Å²) < 4.78 is 6.56. The molecule has 0 unspecified atom stereocenters. The van der Waals surface area contributed by atoms with E-state index in [1.807, 2.05) is 41.8 Å². The predicted octanol–water partition coefficient (Wildman–Crippen LogP) is 2.83. The number of aromatic nitrogens is 2. The normalized spacial score (nSPS) is 10.7. The molecule has 23 heavy (non-hydrogen) atoms. The number of carbonyl (C=O) groups excluding carboxylic acids is 2. The molecule has 2 aromatic heterocycles. The number of anilines is 1. The van der Waals surface area contributed by atoms with E-state index in [0.717, 1.165) is 27.9 Å². The number of nitrogens with zero attached hydrogens (tertiary/aromatic N) is 2. The summed E-state index contributed by atoms with van der Waals surface area (Å²) in [5, 5.41) is 4.19. The van der Waals surface area contributed by atoms with Crippen LogP contribution in [0.25, 0.3) is 10.9 Å². The average Bonchev–Trinajstić information content (AvgIpc) is 3.12. The molecule has 3 rings (SSSR count). The van der Waals surface area contributed by atoms with Crippen LogP contribution in [-0.2, 0) is 16.1 Å². The molecule has 0 atom stereocenters. The Morgan fingerprint density at radius 3 is 2.91 bits per heavy atom. The van der Waals surface area contributed by atoms with Gasteiger partial charge in [0.2, 0.25) is 5.91 Å². The van der Waals surface area contributed by atoms with Crippen molar-refractivity contribution >= 4 is 39.2 Å². The summed E-state index contributed by atoms with van der Waals surface area (Å²) in [4.78, 5) is 28.0. The second-order valence-corrected chi connectivity index (χ2v) is 6.03. The molecule has 0 bridgehead atoms. The van der Waals surface area contributed by atoms with Crippen LogP contribution >= 0.6 is 11.3 Å². The van der Waals surface area contributed by atoms with Gasteiger partial charge < -0.3 is 14.6 Å². The van der Waals surface area contributed by atoms with Crippen LogP contribution in [0.1, 0.15) is 15.4 Å². The van der Waals surface area contributed by atoms with Crippen LogP contribution in [0, 0.1) is 6.92 Å². The van der Waals surface area contributed by atoms with Crippen LogP contribution in [0.3, 0.4) is 0 Å². The fourth-order valence-corrected chi connectivity index (χ4v) is 3.14. The number of methoxy groups -OCH3 is 1. The lowest BCUT2D eigenvalue weighted by Gasteiger charge is -2.07. The van der Waals surface area contributed by atoms with Gasteiger partial charge >= 0.3 is 5.97 Å². The lowest BCUT2D eigenvalue weighted by Crippen LogP contribution is -2.19. The highest BCUT2D eigenvalue weighted by molar-refractivity contribution is 7.17. The molecule has 0 spiro atoms. The summed E-state index contributed by atoms with van der Waals surface area (Å²) in [7, 11) is 1.31. The number of aryl methyl sites for hydroxylation is 1. The van der Waals surface area contributed by atoms with Crippen molar-refractivity contribution in [1.82, 2.24) is 9.55 Å². The number of carbonyl (C=O) groups is 2. The van der Waals surface area contributed by atoms with Gasteiger partial charge in [-0.05, 0) is 24.4 Å². The topological polar surface area (TPSA) is 73.2 Å². The van der Waals surface area contributed by atoms with Crippen molar-refractivity contribution in [3.05, 3.63) is 47.1 Å². The Morgan fingerprint density at radius 2 is 2.13 bits per heavy atom. The van der Waals surface area contributed by atoms with Crippen LogP contribution in [-0.4, -0.2) is 28.5 Å². The van der Waals surface area contributed by atoms with Gasteiger partial charge in [0.05, 0.1) is 13.3 Å². The smallest absolute Gasteiger partial charge is 0.349 e. The number of rotatable bonds is 4. The fourth-order valence-electron chi connectivity index (χ4n) is 2.39. The molecular formula is C16H15N3O3S. The van der Waals surface area contributed by atoms with E-state index < -0.39 is 5.97 Å². The highest BCUT2D eigenvalue weighted by Gasteiger charge is 2.14. The Balaban J connectivity index is 1.75. The van der Waals surface area contributed by atoms with Crippen LogP contribution in [0.2, 0.25) is 0 Å². The molecular weight excluding hydrogens is 314 g/mol. The highest BCUT2D eigenvalue weighted by Crippen LogP contribution is 2.21. The molecule has 0 saturated carbocycles. The van der Waals surface area contributed by atoms with E-state index in [-0.39, 0.29) is 12.5 Å². The minimum Gasteiger partial charge on any atom is -0.465 e. The second kappa shape index (κ2) is 6.21. The Bertz CT molecular complexity index is 882. The van der Waals surface area contributed by atoms with E-state index in [1.54, 1.807) is 0 Å². The quantitative estimate of drug-likeness (QED) is 0.747. The molecule has 1 aromatic carbocycles. The molecule has 118 valence electrons. The van der Waals surface area contributed by atoms with Gasteiger partial charge in [-0.3, -0.25) is 4.79 Å². The number of hydrogen-bond acceptors (Lipinski definition) is 5. The van der Waals surface area contributed by atoms with Crippen molar-refractivity contribution in [3.8, 4) is 0 Å². The second-order valence-electron chi connectivity index (χ2n) is 5.00. The largest absolute Gasteiger partial charge is 0.465 e. The van der Waals surface area contributed by atoms with E-state index in [4.69, 9.17) is 0 Å². The third-order valence-corrected chi connectivity index (χ3v) is 4.35. The molecule has 2 heterocycles. The first-order valence-electron chi connectivity index (χ1n) is 6.97. The van der Waals surface area contributed by atoms with Gasteiger partial charge in [-0.2, -0.15) is 0 Å². The first-order valence-corrected chi connectivity index (χ1v) is 7.79. The zero-order chi connectivity index (χ0) is 16.4. The number of hydrogen-bond donors (Lipinski definition) is 1. The van der Waals surface area contributed by atoms with Gasteiger partial charge in [0.25, 0.3) is 0 Å². The Labute approximate surface area is 136 Å². The molecule has 0 aliphatic heterocycles. The summed E-state index contributed by atoms with van der Waals surface area (Å²) in [5.41, 5.74) is 2.02. The number of esters is 1. The fraction of sp³-hybridized carbons (Fsp3) is 0.188. The Morgan fingerprint density at radius 1 is 1.35 bits per heavy atom. The summed E-state index contributed by atoms with van der Waals surface area (Å²) >= 11 is 1.09. The highest BCUT2D eigenvalue weighted by atomic mass is 32.1. The number of benzene rings is 1. The molecule has 1 amide bonds. The summed E-state index contributed by atoms with van der Waals surface area (Å²) in [6.07, 6.45) is 1.39. The molecule has 3 aromatic rings. The molecule has 0 radical (unpaired) electrons. The van der Waals surface area contributed by atoms with Gasteiger partial charge in [-0.25, -0.2) is 9.78 Å². The minimum atomic E-state index is -0.463.